The average molecular weight is 633 g/mol. The van der Waals surface area contributed by atoms with E-state index in [1.54, 1.807) is 0 Å². The molecule has 4 heterocycles. The minimum Gasteiger partial charge on any atom is -0.319 e. The lowest BCUT2D eigenvalue weighted by Crippen LogP contribution is -2.11. The van der Waals surface area contributed by atoms with Gasteiger partial charge in [0.05, 0.1) is 17.1 Å². The van der Waals surface area contributed by atoms with E-state index < -0.39 is 0 Å². The van der Waals surface area contributed by atoms with Crippen molar-refractivity contribution in [3.63, 3.8) is 0 Å². The van der Waals surface area contributed by atoms with Gasteiger partial charge in [0, 0.05) is 51.0 Å². The number of hydrogen-bond donors (Lipinski definition) is 0. The first-order valence-electron chi connectivity index (χ1n) is 17.4. The molecule has 236 valence electrons. The smallest absolute Gasteiger partial charge is 0.130 e. The van der Waals surface area contributed by atoms with Gasteiger partial charge in [-0.05, 0) is 84.5 Å². The van der Waals surface area contributed by atoms with Gasteiger partial charge in [-0.1, -0.05) is 104 Å². The van der Waals surface area contributed by atoms with E-state index in [0.29, 0.717) is 5.92 Å². The number of aromatic nitrogens is 4. The third-order valence-electron chi connectivity index (χ3n) is 10.5. The highest BCUT2D eigenvalue weighted by Gasteiger charge is 2.22. The van der Waals surface area contributed by atoms with Gasteiger partial charge in [-0.3, -0.25) is 4.57 Å². The van der Waals surface area contributed by atoms with E-state index >= 15 is 0 Å². The summed E-state index contributed by atoms with van der Waals surface area (Å²) >= 11 is 0. The molecular weight excluding hydrogens is 597 g/mol. The minimum absolute atomic E-state index is 0.233. The summed E-state index contributed by atoms with van der Waals surface area (Å²) < 4.78 is 9.64. The lowest BCUT2D eigenvalue weighted by atomic mass is 9.96. The Hall–Kier alpha value is -6.00. The van der Waals surface area contributed by atoms with Crippen LogP contribution in [0.15, 0.2) is 164 Å². The second-order valence-corrected chi connectivity index (χ2v) is 13.5. The van der Waals surface area contributed by atoms with Crippen molar-refractivity contribution in [2.75, 3.05) is 0 Å². The third-order valence-corrected chi connectivity index (χ3v) is 10.5. The molecular formula is C45H36N4. The standard InChI is InChI=1S/C45H36N4/c1-31-15-21-35(22-16-31)47-30-28-41-39-12-6-8-14-43(39)49(45(41)47)37-25-19-33(20-26-37)32-17-23-36(24-18-32)48-42-13-7-5-11-38(42)40-27-29-46(44(40)48)34-9-3-2-4-10-34/h2-15,17-25,27-31,37H,16,26H2,1H3. The van der Waals surface area contributed by atoms with Crippen LogP contribution in [0.2, 0.25) is 0 Å². The fourth-order valence-electron chi connectivity index (χ4n) is 8.09. The lowest BCUT2D eigenvalue weighted by Gasteiger charge is -2.22. The van der Waals surface area contributed by atoms with Crippen LogP contribution in [0.25, 0.3) is 66.5 Å². The molecule has 0 amide bonds. The average Bonchev–Trinajstić information content (AvgIpc) is 3.93. The Bertz CT molecular complexity index is 2660. The first kappa shape index (κ1) is 28.1. The van der Waals surface area contributed by atoms with Gasteiger partial charge in [0.15, 0.2) is 0 Å². The molecule has 4 nitrogen and oxygen atoms in total. The molecule has 4 aromatic carbocycles. The van der Waals surface area contributed by atoms with Crippen LogP contribution in [0.3, 0.4) is 0 Å². The molecule has 10 rings (SSSR count). The van der Waals surface area contributed by atoms with E-state index in [-0.39, 0.29) is 6.04 Å². The number of benzene rings is 4. The summed E-state index contributed by atoms with van der Waals surface area (Å²) in [5.41, 5.74) is 11.0. The van der Waals surface area contributed by atoms with Gasteiger partial charge in [-0.25, -0.2) is 0 Å². The number of fused-ring (bicyclic) bond motifs is 6. The SMILES string of the molecule is CC1C=CC(n2ccc3c4ccccc4n(C4C=CC(c5ccc(-n6c7ccccc7c7ccn(-c8ccccc8)c76)cc5)=CC4)c32)=CC1. The Morgan fingerprint density at radius 2 is 1.22 bits per heavy atom. The van der Waals surface area contributed by atoms with Gasteiger partial charge in [0.25, 0.3) is 0 Å². The molecule has 0 radical (unpaired) electrons. The van der Waals surface area contributed by atoms with Crippen LogP contribution in [0.5, 0.6) is 0 Å². The Balaban J connectivity index is 1.01. The van der Waals surface area contributed by atoms with Crippen molar-refractivity contribution in [1.29, 1.82) is 0 Å². The zero-order valence-corrected chi connectivity index (χ0v) is 27.4. The Morgan fingerprint density at radius 1 is 0.531 bits per heavy atom. The van der Waals surface area contributed by atoms with E-state index in [0.717, 1.165) is 24.2 Å². The predicted molar refractivity (Wildman–Crippen MR) is 206 cm³/mol. The van der Waals surface area contributed by atoms with Crippen molar-refractivity contribution in [1.82, 2.24) is 18.3 Å². The summed E-state index contributed by atoms with van der Waals surface area (Å²) in [7, 11) is 0. The largest absolute Gasteiger partial charge is 0.319 e. The quantitative estimate of drug-likeness (QED) is 0.180. The Morgan fingerprint density at radius 3 is 1.96 bits per heavy atom. The second-order valence-electron chi connectivity index (χ2n) is 13.5. The maximum atomic E-state index is 2.55. The molecule has 0 aliphatic heterocycles. The van der Waals surface area contributed by atoms with Crippen LogP contribution < -0.4 is 0 Å². The molecule has 4 heteroatoms. The maximum Gasteiger partial charge on any atom is 0.130 e. The molecule has 0 saturated heterocycles. The van der Waals surface area contributed by atoms with Crippen molar-refractivity contribution in [3.05, 3.63) is 170 Å². The molecule has 49 heavy (non-hydrogen) atoms. The summed E-state index contributed by atoms with van der Waals surface area (Å²) in [6.45, 7) is 2.28. The summed E-state index contributed by atoms with van der Waals surface area (Å²) in [6, 6.07) is 42.0. The molecule has 2 aliphatic rings. The molecule has 0 N–H and O–H groups in total. The molecule has 0 bridgehead atoms. The van der Waals surface area contributed by atoms with Crippen molar-refractivity contribution < 1.29 is 0 Å². The number of hydrogen-bond acceptors (Lipinski definition) is 0. The van der Waals surface area contributed by atoms with E-state index in [9.17, 15) is 0 Å². The van der Waals surface area contributed by atoms with E-state index in [1.165, 1.54) is 60.7 Å². The monoisotopic (exact) mass is 632 g/mol. The van der Waals surface area contributed by atoms with Gasteiger partial charge in [0.2, 0.25) is 0 Å². The van der Waals surface area contributed by atoms with Crippen molar-refractivity contribution in [2.24, 2.45) is 5.92 Å². The van der Waals surface area contributed by atoms with Gasteiger partial charge in [-0.15, -0.1) is 0 Å². The van der Waals surface area contributed by atoms with Crippen LogP contribution in [0, 0.1) is 5.92 Å². The third kappa shape index (κ3) is 4.37. The molecule has 0 fully saturated rings. The number of allylic oxidation sites excluding steroid dienone is 8. The first-order valence-corrected chi connectivity index (χ1v) is 17.4. The normalized spacial score (nSPS) is 17.8. The zero-order valence-electron chi connectivity index (χ0n) is 27.4. The van der Waals surface area contributed by atoms with Gasteiger partial charge < -0.3 is 13.7 Å². The fraction of sp³-hybridized carbons (Fsp3) is 0.111. The van der Waals surface area contributed by atoms with Crippen LogP contribution >= 0.6 is 0 Å². The van der Waals surface area contributed by atoms with Crippen molar-refractivity contribution >= 4 is 55.1 Å². The Kier molecular flexibility index (Phi) is 6.32. The summed E-state index contributed by atoms with van der Waals surface area (Å²) in [4.78, 5) is 0. The van der Waals surface area contributed by atoms with Gasteiger partial charge in [-0.2, -0.15) is 0 Å². The molecule has 2 unspecified atom stereocenters. The van der Waals surface area contributed by atoms with E-state index in [2.05, 4.69) is 189 Å². The fourth-order valence-corrected chi connectivity index (χ4v) is 8.09. The highest BCUT2D eigenvalue weighted by atomic mass is 15.1. The number of rotatable bonds is 5. The molecule has 0 saturated carbocycles. The lowest BCUT2D eigenvalue weighted by molar-refractivity contribution is 0.641. The highest BCUT2D eigenvalue weighted by Crippen LogP contribution is 2.39. The highest BCUT2D eigenvalue weighted by molar-refractivity contribution is 6.09. The Labute approximate surface area is 285 Å². The summed E-state index contributed by atoms with van der Waals surface area (Å²) in [5.74, 6) is 0.587. The first-order chi connectivity index (χ1) is 24.2. The van der Waals surface area contributed by atoms with Crippen LogP contribution in [-0.2, 0) is 0 Å². The van der Waals surface area contributed by atoms with Gasteiger partial charge in [0.1, 0.15) is 11.3 Å². The molecule has 2 aliphatic carbocycles. The molecule has 2 atom stereocenters. The van der Waals surface area contributed by atoms with Crippen LogP contribution in [0.1, 0.15) is 31.4 Å². The number of nitrogens with zero attached hydrogens (tertiary/aromatic N) is 4. The topological polar surface area (TPSA) is 19.7 Å². The molecule has 4 aromatic heterocycles. The zero-order chi connectivity index (χ0) is 32.5. The van der Waals surface area contributed by atoms with Crippen molar-refractivity contribution in [3.8, 4) is 11.4 Å². The number of para-hydroxylation sites is 3. The maximum absolute atomic E-state index is 2.55. The molecule has 0 spiro atoms. The van der Waals surface area contributed by atoms with Crippen LogP contribution in [-0.4, -0.2) is 18.3 Å². The predicted octanol–water partition coefficient (Wildman–Crippen LogP) is 11.5. The summed E-state index contributed by atoms with van der Waals surface area (Å²) in [5, 5.41) is 5.15. The van der Waals surface area contributed by atoms with Crippen molar-refractivity contribution in [2.45, 2.75) is 25.8 Å². The second kappa shape index (κ2) is 11.0. The van der Waals surface area contributed by atoms with E-state index in [1.807, 2.05) is 0 Å². The van der Waals surface area contributed by atoms with Gasteiger partial charge >= 0.3 is 0 Å². The van der Waals surface area contributed by atoms with E-state index in [4.69, 9.17) is 0 Å². The molecule has 8 aromatic rings. The summed E-state index contributed by atoms with van der Waals surface area (Å²) in [6.07, 6.45) is 20.6. The minimum atomic E-state index is 0.233. The van der Waals surface area contributed by atoms with Crippen LogP contribution in [0.4, 0.5) is 0 Å².